The Kier molecular flexibility index (Phi) is 5.27. The van der Waals surface area contributed by atoms with Crippen molar-refractivity contribution >= 4 is 21.6 Å². The van der Waals surface area contributed by atoms with Gasteiger partial charge in [0.15, 0.2) is 4.91 Å². The molecule has 0 bridgehead atoms. The van der Waals surface area contributed by atoms with Crippen molar-refractivity contribution in [1.29, 1.82) is 0 Å². The van der Waals surface area contributed by atoms with E-state index in [1.54, 1.807) is 23.1 Å². The lowest BCUT2D eigenvalue weighted by Crippen LogP contribution is -2.42. The zero-order chi connectivity index (χ0) is 18.9. The summed E-state index contributed by atoms with van der Waals surface area (Å²) in [5.74, 6) is -1.13. The van der Waals surface area contributed by atoms with E-state index in [-0.39, 0.29) is 23.4 Å². The average Bonchev–Trinajstić information content (AvgIpc) is 2.63. The molecule has 26 heavy (non-hydrogen) atoms. The summed E-state index contributed by atoms with van der Waals surface area (Å²) in [6, 6.07) is 6.27. The van der Waals surface area contributed by atoms with Crippen LogP contribution in [0.15, 0.2) is 34.9 Å². The molecule has 8 heteroatoms. The number of benzene rings is 1. The number of sulfonamides is 1. The van der Waals surface area contributed by atoms with Gasteiger partial charge >= 0.3 is 0 Å². The molecule has 7 nitrogen and oxygen atoms in total. The molecule has 1 fully saturated rings. The van der Waals surface area contributed by atoms with Crippen molar-refractivity contribution in [3.05, 3.63) is 46.0 Å². The monoisotopic (exact) mass is 378 g/mol. The fraction of sp³-hybridized carbons (Fsp3) is 0.444. The molecule has 1 unspecified atom stereocenters. The largest absolute Gasteiger partial charge is 0.392 e. The number of piperidine rings is 1. The summed E-state index contributed by atoms with van der Waals surface area (Å²) in [5, 5.41) is 9.40. The Morgan fingerprint density at radius 1 is 1.08 bits per heavy atom. The van der Waals surface area contributed by atoms with Crippen LogP contribution >= 0.6 is 0 Å². The van der Waals surface area contributed by atoms with Gasteiger partial charge in [-0.2, -0.15) is 0 Å². The third-order valence-electron chi connectivity index (χ3n) is 4.56. The number of hydrogen-bond acceptors (Lipinski definition) is 6. The number of ketones is 2. The molecule has 140 valence electrons. The van der Waals surface area contributed by atoms with E-state index in [4.69, 9.17) is 0 Å². The van der Waals surface area contributed by atoms with Crippen molar-refractivity contribution in [2.45, 2.75) is 32.3 Å². The molecule has 1 aromatic carbocycles. The summed E-state index contributed by atoms with van der Waals surface area (Å²) >= 11 is 0. The first kappa shape index (κ1) is 18.8. The summed E-state index contributed by atoms with van der Waals surface area (Å²) in [6.45, 7) is 2.27. The number of carbonyl (C=O) groups is 2. The number of aliphatic hydroxyl groups is 1. The van der Waals surface area contributed by atoms with Crippen LogP contribution in [0.4, 0.5) is 0 Å². The van der Waals surface area contributed by atoms with Gasteiger partial charge in [-0.1, -0.05) is 24.3 Å². The lowest BCUT2D eigenvalue weighted by Gasteiger charge is -2.33. The van der Waals surface area contributed by atoms with Gasteiger partial charge in [0.2, 0.25) is 21.6 Å². The second-order valence-electron chi connectivity index (χ2n) is 6.63. The molecule has 1 saturated heterocycles. The van der Waals surface area contributed by atoms with E-state index in [0.29, 0.717) is 13.1 Å². The van der Waals surface area contributed by atoms with Crippen LogP contribution in [0.2, 0.25) is 0 Å². The molecule has 0 amide bonds. The highest BCUT2D eigenvalue weighted by atomic mass is 32.2. The van der Waals surface area contributed by atoms with Crippen LogP contribution in [-0.4, -0.2) is 55.7 Å². The second-order valence-corrected chi connectivity index (χ2v) is 8.33. The smallest absolute Gasteiger partial charge is 0.246 e. The predicted octanol–water partition coefficient (Wildman–Crippen LogP) is 1.06. The Morgan fingerprint density at radius 3 is 2.23 bits per heavy atom. The van der Waals surface area contributed by atoms with Gasteiger partial charge in [-0.25, -0.2) is 13.1 Å². The summed E-state index contributed by atoms with van der Waals surface area (Å²) in [5.41, 5.74) is 0.273. The van der Waals surface area contributed by atoms with Gasteiger partial charge in [0.25, 0.3) is 0 Å². The van der Waals surface area contributed by atoms with Gasteiger partial charge in [0.05, 0.1) is 6.10 Å². The molecule has 0 saturated carbocycles. The third-order valence-corrected chi connectivity index (χ3v) is 6.03. The number of Topliss-reactive ketones (excluding diaryl/α,β-unsaturated/α-hetero) is 2. The molecular weight excluding hydrogens is 356 g/mol. The van der Waals surface area contributed by atoms with Crippen molar-refractivity contribution in [2.75, 3.05) is 19.6 Å². The Bertz CT molecular complexity index is 867. The molecule has 2 N–H and O–H groups in total. The van der Waals surface area contributed by atoms with Gasteiger partial charge in [0, 0.05) is 30.8 Å². The molecule has 3 rings (SSSR count). The Balaban J connectivity index is 2.15. The summed E-state index contributed by atoms with van der Waals surface area (Å²) in [7, 11) is -4.24. The fourth-order valence-electron chi connectivity index (χ4n) is 3.30. The molecule has 0 radical (unpaired) electrons. The Labute approximate surface area is 152 Å². The average molecular weight is 378 g/mol. The van der Waals surface area contributed by atoms with Crippen LogP contribution in [0.25, 0.3) is 0 Å². The van der Waals surface area contributed by atoms with E-state index in [9.17, 15) is 23.1 Å². The topological polar surface area (TPSA) is 104 Å². The highest BCUT2D eigenvalue weighted by Gasteiger charge is 2.41. The van der Waals surface area contributed by atoms with Crippen LogP contribution in [0, 0.1) is 0 Å². The third kappa shape index (κ3) is 3.44. The van der Waals surface area contributed by atoms with Crippen molar-refractivity contribution in [2.24, 2.45) is 0 Å². The van der Waals surface area contributed by atoms with Gasteiger partial charge in [-0.3, -0.25) is 9.59 Å². The molecule has 1 aliphatic carbocycles. The summed E-state index contributed by atoms with van der Waals surface area (Å²) in [6.07, 6.45) is 1.76. The predicted molar refractivity (Wildman–Crippen MR) is 96.2 cm³/mol. The molecule has 0 spiro atoms. The number of carbonyl (C=O) groups excluding carboxylic acids is 2. The van der Waals surface area contributed by atoms with Gasteiger partial charge in [0.1, 0.15) is 5.70 Å². The highest BCUT2D eigenvalue weighted by molar-refractivity contribution is 7.94. The van der Waals surface area contributed by atoms with Gasteiger partial charge in [-0.15, -0.1) is 0 Å². The number of rotatable bonds is 5. The zero-order valence-corrected chi connectivity index (χ0v) is 15.4. The summed E-state index contributed by atoms with van der Waals surface area (Å²) < 4.78 is 27.9. The first-order valence-corrected chi connectivity index (χ1v) is 10.2. The van der Waals surface area contributed by atoms with Crippen LogP contribution in [0.5, 0.6) is 0 Å². The van der Waals surface area contributed by atoms with E-state index < -0.39 is 32.6 Å². The van der Waals surface area contributed by atoms with E-state index in [2.05, 4.69) is 4.72 Å². The number of likely N-dealkylation sites (tertiary alicyclic amines) is 1. The number of aliphatic hydroxyl groups excluding tert-OH is 1. The van der Waals surface area contributed by atoms with Crippen LogP contribution in [0.1, 0.15) is 46.9 Å². The SMILES string of the molecule is CC(O)CNS(=O)(=O)C1=C(N2CCCCC2)C(=O)c2ccccc2C1=O. The number of hydrogen-bond donors (Lipinski definition) is 2. The molecule has 0 aromatic heterocycles. The normalized spacial score (nSPS) is 19.5. The summed E-state index contributed by atoms with van der Waals surface area (Å²) in [4.78, 5) is 27.2. The molecule has 1 heterocycles. The first-order valence-electron chi connectivity index (χ1n) is 8.68. The van der Waals surface area contributed by atoms with Crippen molar-refractivity contribution in [3.8, 4) is 0 Å². The molecule has 2 aliphatic rings. The minimum atomic E-state index is -4.24. The van der Waals surface area contributed by atoms with E-state index in [0.717, 1.165) is 19.3 Å². The van der Waals surface area contributed by atoms with Gasteiger partial charge in [-0.05, 0) is 26.2 Å². The Morgan fingerprint density at radius 2 is 1.65 bits per heavy atom. The first-order chi connectivity index (χ1) is 12.3. The zero-order valence-electron chi connectivity index (χ0n) is 14.6. The van der Waals surface area contributed by atoms with E-state index >= 15 is 0 Å². The van der Waals surface area contributed by atoms with Crippen LogP contribution in [0.3, 0.4) is 0 Å². The quantitative estimate of drug-likeness (QED) is 0.794. The fourth-order valence-corrected chi connectivity index (χ4v) is 4.73. The lowest BCUT2D eigenvalue weighted by atomic mass is 9.91. The van der Waals surface area contributed by atoms with Crippen molar-refractivity contribution < 1.29 is 23.1 Å². The Hall–Kier alpha value is -2.03. The maximum Gasteiger partial charge on any atom is 0.246 e. The van der Waals surface area contributed by atoms with Crippen molar-refractivity contribution in [1.82, 2.24) is 9.62 Å². The molecule has 1 aromatic rings. The number of nitrogens with one attached hydrogen (secondary N) is 1. The van der Waals surface area contributed by atoms with E-state index in [1.165, 1.54) is 13.0 Å². The van der Waals surface area contributed by atoms with E-state index in [1.807, 2.05) is 0 Å². The van der Waals surface area contributed by atoms with Crippen LogP contribution in [-0.2, 0) is 10.0 Å². The molecule has 1 atom stereocenters. The number of nitrogens with zero attached hydrogens (tertiary/aromatic N) is 1. The van der Waals surface area contributed by atoms with Crippen LogP contribution < -0.4 is 4.72 Å². The number of allylic oxidation sites excluding steroid dienone is 2. The standard InChI is InChI=1S/C18H22N2O5S/c1-12(21)11-19-26(24,25)18-15(20-9-5-2-6-10-20)16(22)13-7-3-4-8-14(13)17(18)23/h3-4,7-8,12,19,21H,2,5-6,9-11H2,1H3. The molecular formula is C18H22N2O5S. The van der Waals surface area contributed by atoms with Gasteiger partial charge < -0.3 is 10.0 Å². The lowest BCUT2D eigenvalue weighted by molar-refractivity contribution is 0.0939. The number of fused-ring (bicyclic) bond motifs is 1. The minimum absolute atomic E-state index is 0.0495. The van der Waals surface area contributed by atoms with Crippen molar-refractivity contribution in [3.63, 3.8) is 0 Å². The molecule has 1 aliphatic heterocycles. The maximum absolute atomic E-state index is 13.1. The minimum Gasteiger partial charge on any atom is -0.392 e. The highest BCUT2D eigenvalue weighted by Crippen LogP contribution is 2.32. The second kappa shape index (κ2) is 7.30. The maximum atomic E-state index is 13.1.